The summed E-state index contributed by atoms with van der Waals surface area (Å²) in [5, 5.41) is 8.15. The number of amides is 2. The summed E-state index contributed by atoms with van der Waals surface area (Å²) in [6.45, 7) is 5.85. The largest absolute Gasteiger partial charge is 0.410 e. The number of aromatic nitrogens is 5. The number of nitrogens with two attached hydrogens (primary N) is 1. The third-order valence-corrected chi connectivity index (χ3v) is 7.27. The summed E-state index contributed by atoms with van der Waals surface area (Å²) in [7, 11) is 0. The Morgan fingerprint density at radius 2 is 1.82 bits per heavy atom. The first-order valence-corrected chi connectivity index (χ1v) is 12.4. The SMILES string of the molecule is CC(=O)N1CCN(c2cc(-c3cc(-c4ccnn4[C@H](C)C(F)(F)F)c4c(N)ncnn34)ccc2F)C(=O)C1(C)C. The van der Waals surface area contributed by atoms with Crippen LogP contribution in [-0.4, -0.2) is 65.9 Å². The van der Waals surface area contributed by atoms with E-state index < -0.39 is 29.5 Å². The molecule has 0 saturated carbocycles. The van der Waals surface area contributed by atoms with E-state index in [1.807, 2.05) is 0 Å². The van der Waals surface area contributed by atoms with Crippen molar-refractivity contribution in [1.29, 1.82) is 0 Å². The molecule has 0 unspecified atom stereocenters. The monoisotopic (exact) mass is 558 g/mol. The highest BCUT2D eigenvalue weighted by molar-refractivity contribution is 6.03. The lowest BCUT2D eigenvalue weighted by Gasteiger charge is -2.45. The van der Waals surface area contributed by atoms with Crippen molar-refractivity contribution in [3.05, 3.63) is 48.7 Å². The van der Waals surface area contributed by atoms with Crippen molar-refractivity contribution in [2.24, 2.45) is 0 Å². The lowest BCUT2D eigenvalue weighted by atomic mass is 9.96. The Morgan fingerprint density at radius 1 is 1.10 bits per heavy atom. The topological polar surface area (TPSA) is 115 Å². The summed E-state index contributed by atoms with van der Waals surface area (Å²) in [4.78, 5) is 32.2. The standard InChI is InChI=1S/C26H26F4N8O2/c1-14(26(28,29)30)37-19(7-8-33-37)17-12-20(38-22(17)23(31)32-13-34-38)16-5-6-18(27)21(11-16)35-9-10-36(15(2)39)25(3,4)24(35)40/h5-8,11-14H,9-10H2,1-4H3,(H2,31,32,34)/t14-/m1/s1. The number of anilines is 2. The van der Waals surface area contributed by atoms with Gasteiger partial charge in [-0.25, -0.2) is 13.9 Å². The Hall–Kier alpha value is -4.49. The van der Waals surface area contributed by atoms with Gasteiger partial charge in [-0.3, -0.25) is 14.3 Å². The van der Waals surface area contributed by atoms with Gasteiger partial charge in [-0.2, -0.15) is 23.4 Å². The van der Waals surface area contributed by atoms with Crippen molar-refractivity contribution in [1.82, 2.24) is 29.3 Å². The molecular weight excluding hydrogens is 532 g/mol. The molecular formula is C26H26F4N8O2. The third kappa shape index (κ3) is 4.23. The van der Waals surface area contributed by atoms with E-state index in [9.17, 15) is 22.8 Å². The molecule has 0 spiro atoms. The zero-order chi connectivity index (χ0) is 29.1. The number of nitrogen functional groups attached to an aromatic ring is 1. The second-order valence-corrected chi connectivity index (χ2v) is 10.1. The molecule has 0 radical (unpaired) electrons. The molecule has 1 saturated heterocycles. The number of rotatable bonds is 4. The molecule has 1 fully saturated rings. The molecule has 1 aromatic carbocycles. The van der Waals surface area contributed by atoms with Gasteiger partial charge in [0.05, 0.1) is 17.1 Å². The molecule has 1 atom stereocenters. The highest BCUT2D eigenvalue weighted by Gasteiger charge is 2.44. The van der Waals surface area contributed by atoms with Gasteiger partial charge < -0.3 is 15.5 Å². The van der Waals surface area contributed by atoms with Crippen LogP contribution < -0.4 is 10.6 Å². The summed E-state index contributed by atoms with van der Waals surface area (Å²) in [5.41, 5.74) is 6.42. The molecule has 4 heterocycles. The fourth-order valence-corrected chi connectivity index (χ4v) is 5.13. The van der Waals surface area contributed by atoms with Gasteiger partial charge in [-0.05, 0) is 51.1 Å². The molecule has 3 aromatic heterocycles. The van der Waals surface area contributed by atoms with E-state index in [0.29, 0.717) is 16.8 Å². The van der Waals surface area contributed by atoms with E-state index in [4.69, 9.17) is 5.73 Å². The van der Waals surface area contributed by atoms with Crippen LogP contribution in [0.5, 0.6) is 0 Å². The van der Waals surface area contributed by atoms with Crippen LogP contribution in [-0.2, 0) is 9.59 Å². The average Bonchev–Trinajstić information content (AvgIpc) is 3.50. The number of nitrogens with zero attached hydrogens (tertiary/aromatic N) is 7. The summed E-state index contributed by atoms with van der Waals surface area (Å²) < 4.78 is 58.2. The van der Waals surface area contributed by atoms with Crippen molar-refractivity contribution < 1.29 is 27.2 Å². The number of alkyl halides is 3. The van der Waals surface area contributed by atoms with Crippen LogP contribution in [0.1, 0.15) is 33.7 Å². The average molecular weight is 559 g/mol. The van der Waals surface area contributed by atoms with Gasteiger partial charge in [-0.1, -0.05) is 0 Å². The molecule has 210 valence electrons. The Morgan fingerprint density at radius 3 is 2.50 bits per heavy atom. The van der Waals surface area contributed by atoms with Crippen LogP contribution >= 0.6 is 0 Å². The predicted octanol–water partition coefficient (Wildman–Crippen LogP) is 4.08. The first-order chi connectivity index (χ1) is 18.7. The van der Waals surface area contributed by atoms with Crippen LogP contribution in [0, 0.1) is 5.82 Å². The van der Waals surface area contributed by atoms with Gasteiger partial charge in [0.1, 0.15) is 29.2 Å². The Bertz CT molecular complexity index is 1640. The minimum atomic E-state index is -4.56. The van der Waals surface area contributed by atoms with Gasteiger partial charge in [0.15, 0.2) is 5.82 Å². The van der Waals surface area contributed by atoms with E-state index in [1.54, 1.807) is 19.9 Å². The predicted molar refractivity (Wildman–Crippen MR) is 139 cm³/mol. The van der Waals surface area contributed by atoms with E-state index >= 15 is 4.39 Å². The number of piperazine rings is 1. The van der Waals surface area contributed by atoms with E-state index in [1.165, 1.54) is 58.0 Å². The van der Waals surface area contributed by atoms with Crippen molar-refractivity contribution in [2.75, 3.05) is 23.7 Å². The van der Waals surface area contributed by atoms with Crippen molar-refractivity contribution in [3.8, 4) is 22.5 Å². The fourth-order valence-electron chi connectivity index (χ4n) is 5.13. The highest BCUT2D eigenvalue weighted by Crippen LogP contribution is 2.39. The Kier molecular flexibility index (Phi) is 6.31. The van der Waals surface area contributed by atoms with Gasteiger partial charge in [0.25, 0.3) is 5.91 Å². The maximum absolute atomic E-state index is 15.2. The molecule has 2 amide bonds. The number of fused-ring (bicyclic) bond motifs is 1. The molecule has 2 N–H and O–H groups in total. The number of carbonyl (C=O) groups excluding carboxylic acids is 2. The molecule has 1 aliphatic rings. The number of carbonyl (C=O) groups is 2. The zero-order valence-corrected chi connectivity index (χ0v) is 22.1. The molecule has 14 heteroatoms. The van der Waals surface area contributed by atoms with Crippen LogP contribution in [0.2, 0.25) is 0 Å². The quantitative estimate of drug-likeness (QED) is 0.378. The van der Waals surface area contributed by atoms with Crippen molar-refractivity contribution in [2.45, 2.75) is 45.5 Å². The second kappa shape index (κ2) is 9.31. The summed E-state index contributed by atoms with van der Waals surface area (Å²) in [6.07, 6.45) is -2.10. The van der Waals surface area contributed by atoms with E-state index in [-0.39, 0.29) is 41.7 Å². The minimum Gasteiger partial charge on any atom is -0.382 e. The van der Waals surface area contributed by atoms with Crippen LogP contribution in [0.3, 0.4) is 0 Å². The van der Waals surface area contributed by atoms with Gasteiger partial charge in [0.2, 0.25) is 5.91 Å². The Balaban J connectivity index is 1.65. The van der Waals surface area contributed by atoms with Crippen LogP contribution in [0.4, 0.5) is 29.1 Å². The minimum absolute atomic E-state index is 0.00644. The first kappa shape index (κ1) is 27.1. The fraction of sp³-hybridized carbons (Fsp3) is 0.346. The molecule has 40 heavy (non-hydrogen) atoms. The molecule has 0 aliphatic carbocycles. The smallest absolute Gasteiger partial charge is 0.382 e. The van der Waals surface area contributed by atoms with Gasteiger partial charge in [-0.15, -0.1) is 0 Å². The number of hydrogen-bond acceptors (Lipinski definition) is 6. The number of halogens is 4. The number of benzene rings is 1. The van der Waals surface area contributed by atoms with Gasteiger partial charge in [0, 0.05) is 37.3 Å². The maximum Gasteiger partial charge on any atom is 0.410 e. The lowest BCUT2D eigenvalue weighted by Crippen LogP contribution is -2.64. The van der Waals surface area contributed by atoms with Crippen LogP contribution in [0.25, 0.3) is 28.0 Å². The normalized spacial score (nSPS) is 16.6. The highest BCUT2D eigenvalue weighted by atomic mass is 19.4. The molecule has 1 aliphatic heterocycles. The second-order valence-electron chi connectivity index (χ2n) is 10.1. The van der Waals surface area contributed by atoms with Crippen molar-refractivity contribution >= 4 is 28.8 Å². The lowest BCUT2D eigenvalue weighted by molar-refractivity contribution is -0.165. The van der Waals surface area contributed by atoms with Crippen molar-refractivity contribution in [3.63, 3.8) is 0 Å². The first-order valence-electron chi connectivity index (χ1n) is 12.4. The van der Waals surface area contributed by atoms with Crippen LogP contribution in [0.15, 0.2) is 42.9 Å². The third-order valence-electron chi connectivity index (χ3n) is 7.27. The summed E-state index contributed by atoms with van der Waals surface area (Å²) >= 11 is 0. The summed E-state index contributed by atoms with van der Waals surface area (Å²) in [6, 6.07) is 5.21. The van der Waals surface area contributed by atoms with E-state index in [2.05, 4.69) is 15.2 Å². The number of hydrogen-bond donors (Lipinski definition) is 1. The molecule has 0 bridgehead atoms. The maximum atomic E-state index is 15.2. The molecule has 5 rings (SSSR count). The summed E-state index contributed by atoms with van der Waals surface area (Å²) in [5.74, 6) is -1.36. The van der Waals surface area contributed by atoms with E-state index in [0.717, 1.165) is 11.6 Å². The zero-order valence-electron chi connectivity index (χ0n) is 22.1. The van der Waals surface area contributed by atoms with Gasteiger partial charge >= 0.3 is 6.18 Å². The molecule has 4 aromatic rings. The molecule has 10 nitrogen and oxygen atoms in total. The Labute approximate surface area is 226 Å².